The van der Waals surface area contributed by atoms with E-state index in [0.717, 1.165) is 6.54 Å². The van der Waals surface area contributed by atoms with Crippen molar-refractivity contribution in [3.8, 4) is 0 Å². The number of carboxylic acid groups (broad SMARTS) is 1. The number of hydrogen-bond acceptors (Lipinski definition) is 2. The first kappa shape index (κ1) is 17.4. The highest BCUT2D eigenvalue weighted by atomic mass is 16.4. The van der Waals surface area contributed by atoms with Crippen LogP contribution in [-0.2, 0) is 4.79 Å². The van der Waals surface area contributed by atoms with Crippen LogP contribution in [0.2, 0.25) is 0 Å². The smallest absolute Gasteiger partial charge is 0.307 e. The van der Waals surface area contributed by atoms with Crippen LogP contribution in [0.25, 0.3) is 0 Å². The van der Waals surface area contributed by atoms with Crippen LogP contribution in [0, 0.1) is 5.92 Å². The predicted molar refractivity (Wildman–Crippen MR) is 76.9 cm³/mol. The number of unbranched alkanes of at least 4 members (excludes halogenated alkanes) is 4. The van der Waals surface area contributed by atoms with E-state index in [4.69, 9.17) is 5.11 Å². The molecule has 0 amide bonds. The van der Waals surface area contributed by atoms with Crippen molar-refractivity contribution in [2.75, 3.05) is 13.1 Å². The lowest BCUT2D eigenvalue weighted by Gasteiger charge is -2.36. The molecular formula is C15H31NO2. The molecule has 0 radical (unpaired) electrons. The Morgan fingerprint density at radius 2 is 1.72 bits per heavy atom. The molecule has 0 fully saturated rings. The van der Waals surface area contributed by atoms with Crippen LogP contribution in [0.4, 0.5) is 0 Å². The second-order valence-corrected chi connectivity index (χ2v) is 6.27. The van der Waals surface area contributed by atoms with Gasteiger partial charge in [0.1, 0.15) is 0 Å². The average Bonchev–Trinajstić information content (AvgIpc) is 2.25. The summed E-state index contributed by atoms with van der Waals surface area (Å²) in [6.45, 7) is 12.1. The largest absolute Gasteiger partial charge is 0.481 e. The summed E-state index contributed by atoms with van der Waals surface area (Å²) in [5, 5.41) is 9.01. The van der Waals surface area contributed by atoms with E-state index in [-0.39, 0.29) is 11.5 Å². The van der Waals surface area contributed by atoms with Crippen LogP contribution >= 0.6 is 0 Å². The summed E-state index contributed by atoms with van der Waals surface area (Å²) in [5.41, 5.74) is 0.0501. The fourth-order valence-electron chi connectivity index (χ4n) is 2.02. The maximum absolute atomic E-state index is 11.0. The molecule has 3 heteroatoms. The summed E-state index contributed by atoms with van der Waals surface area (Å²) in [6.07, 6.45) is 6.29. The van der Waals surface area contributed by atoms with Crippen LogP contribution < -0.4 is 0 Å². The zero-order valence-electron chi connectivity index (χ0n) is 12.8. The van der Waals surface area contributed by atoms with Crippen molar-refractivity contribution in [1.82, 2.24) is 4.90 Å². The highest BCUT2D eigenvalue weighted by molar-refractivity contribution is 5.69. The number of hydrogen-bond donors (Lipinski definition) is 1. The molecule has 0 saturated heterocycles. The van der Waals surface area contributed by atoms with Gasteiger partial charge in [0, 0.05) is 12.1 Å². The number of carboxylic acids is 1. The highest BCUT2D eigenvalue weighted by Crippen LogP contribution is 2.17. The van der Waals surface area contributed by atoms with Crippen LogP contribution in [0.1, 0.15) is 66.7 Å². The van der Waals surface area contributed by atoms with Gasteiger partial charge in [0.15, 0.2) is 0 Å². The van der Waals surface area contributed by atoms with Gasteiger partial charge in [-0.05, 0) is 33.7 Å². The Hall–Kier alpha value is -0.570. The van der Waals surface area contributed by atoms with Crippen LogP contribution in [0.3, 0.4) is 0 Å². The molecule has 3 nitrogen and oxygen atoms in total. The van der Waals surface area contributed by atoms with Crippen molar-refractivity contribution in [2.24, 2.45) is 5.92 Å². The second kappa shape index (κ2) is 8.52. The standard InChI is InChI=1S/C15H31NO2/c1-6-7-8-9-10-11-16(15(3,4)5)12-13(2)14(17)18/h13H,6-12H2,1-5H3,(H,17,18). The third kappa shape index (κ3) is 7.70. The molecule has 0 aliphatic rings. The molecule has 108 valence electrons. The van der Waals surface area contributed by atoms with Gasteiger partial charge in [-0.2, -0.15) is 0 Å². The van der Waals surface area contributed by atoms with E-state index in [9.17, 15) is 4.79 Å². The zero-order chi connectivity index (χ0) is 14.2. The molecule has 0 aromatic carbocycles. The SMILES string of the molecule is CCCCCCCN(CC(C)C(=O)O)C(C)(C)C. The van der Waals surface area contributed by atoms with Crippen molar-refractivity contribution in [1.29, 1.82) is 0 Å². The predicted octanol–water partition coefficient (Wildman–Crippen LogP) is 3.78. The Morgan fingerprint density at radius 3 is 2.17 bits per heavy atom. The number of carbonyl (C=O) groups is 1. The number of rotatable bonds is 9. The molecule has 1 atom stereocenters. The zero-order valence-corrected chi connectivity index (χ0v) is 12.8. The third-order valence-corrected chi connectivity index (χ3v) is 3.40. The van der Waals surface area contributed by atoms with Crippen molar-refractivity contribution in [3.63, 3.8) is 0 Å². The lowest BCUT2D eigenvalue weighted by molar-refractivity contribution is -0.142. The van der Waals surface area contributed by atoms with E-state index in [0.29, 0.717) is 6.54 Å². The van der Waals surface area contributed by atoms with Crippen molar-refractivity contribution in [2.45, 2.75) is 72.3 Å². The van der Waals surface area contributed by atoms with Crippen molar-refractivity contribution >= 4 is 5.97 Å². The molecule has 0 spiro atoms. The van der Waals surface area contributed by atoms with Gasteiger partial charge in [-0.3, -0.25) is 9.69 Å². The molecule has 0 aliphatic carbocycles. The van der Waals surface area contributed by atoms with E-state index in [2.05, 4.69) is 32.6 Å². The van der Waals surface area contributed by atoms with E-state index >= 15 is 0 Å². The van der Waals surface area contributed by atoms with Crippen molar-refractivity contribution in [3.05, 3.63) is 0 Å². The molecule has 1 N–H and O–H groups in total. The Morgan fingerprint density at radius 1 is 1.17 bits per heavy atom. The topological polar surface area (TPSA) is 40.5 Å². The fourth-order valence-corrected chi connectivity index (χ4v) is 2.02. The third-order valence-electron chi connectivity index (χ3n) is 3.40. The maximum Gasteiger partial charge on any atom is 0.307 e. The van der Waals surface area contributed by atoms with Gasteiger partial charge < -0.3 is 5.11 Å². The minimum atomic E-state index is -0.699. The van der Waals surface area contributed by atoms with E-state index < -0.39 is 5.97 Å². The van der Waals surface area contributed by atoms with Gasteiger partial charge in [-0.25, -0.2) is 0 Å². The Labute approximate surface area is 113 Å². The highest BCUT2D eigenvalue weighted by Gasteiger charge is 2.24. The quantitative estimate of drug-likeness (QED) is 0.639. The minimum Gasteiger partial charge on any atom is -0.481 e. The Balaban J connectivity index is 4.13. The summed E-state index contributed by atoms with van der Waals surface area (Å²) < 4.78 is 0. The van der Waals surface area contributed by atoms with Gasteiger partial charge in [-0.1, -0.05) is 39.5 Å². The summed E-state index contributed by atoms with van der Waals surface area (Å²) in [5.74, 6) is -0.991. The van der Waals surface area contributed by atoms with E-state index in [1.165, 1.54) is 32.1 Å². The van der Waals surface area contributed by atoms with Crippen LogP contribution in [-0.4, -0.2) is 34.6 Å². The molecule has 0 aromatic heterocycles. The first-order chi connectivity index (χ1) is 8.29. The summed E-state index contributed by atoms with van der Waals surface area (Å²) in [7, 11) is 0. The Bertz CT molecular complexity index is 233. The minimum absolute atomic E-state index is 0.0501. The molecule has 0 saturated carbocycles. The van der Waals surface area contributed by atoms with Gasteiger partial charge in [-0.15, -0.1) is 0 Å². The molecule has 0 bridgehead atoms. The van der Waals surface area contributed by atoms with Crippen LogP contribution in [0.5, 0.6) is 0 Å². The van der Waals surface area contributed by atoms with Gasteiger partial charge >= 0.3 is 5.97 Å². The first-order valence-electron chi connectivity index (χ1n) is 7.27. The Kier molecular flexibility index (Phi) is 8.25. The lowest BCUT2D eigenvalue weighted by Crippen LogP contribution is -2.45. The van der Waals surface area contributed by atoms with Crippen molar-refractivity contribution < 1.29 is 9.90 Å². The molecule has 0 rings (SSSR count). The molecule has 0 heterocycles. The second-order valence-electron chi connectivity index (χ2n) is 6.27. The summed E-state index contributed by atoms with van der Waals surface area (Å²) in [4.78, 5) is 13.3. The number of aliphatic carboxylic acids is 1. The average molecular weight is 257 g/mol. The fraction of sp³-hybridized carbons (Fsp3) is 0.933. The molecule has 0 aliphatic heterocycles. The monoisotopic (exact) mass is 257 g/mol. The van der Waals surface area contributed by atoms with Crippen LogP contribution in [0.15, 0.2) is 0 Å². The van der Waals surface area contributed by atoms with Gasteiger partial charge in [0.05, 0.1) is 5.92 Å². The van der Waals surface area contributed by atoms with E-state index in [1.807, 2.05) is 0 Å². The molecular weight excluding hydrogens is 226 g/mol. The van der Waals surface area contributed by atoms with E-state index in [1.54, 1.807) is 6.92 Å². The normalized spacial score (nSPS) is 13.9. The first-order valence-corrected chi connectivity index (χ1v) is 7.27. The lowest BCUT2D eigenvalue weighted by atomic mass is 10.0. The summed E-state index contributed by atoms with van der Waals surface area (Å²) in [6, 6.07) is 0. The molecule has 0 aromatic rings. The summed E-state index contributed by atoms with van der Waals surface area (Å²) >= 11 is 0. The molecule has 1 unspecified atom stereocenters. The maximum atomic E-state index is 11.0. The van der Waals surface area contributed by atoms with Gasteiger partial charge in [0.25, 0.3) is 0 Å². The number of nitrogens with zero attached hydrogens (tertiary/aromatic N) is 1. The molecule has 18 heavy (non-hydrogen) atoms. The van der Waals surface area contributed by atoms with Gasteiger partial charge in [0.2, 0.25) is 0 Å².